The lowest BCUT2D eigenvalue weighted by Gasteiger charge is -2.28. The molecule has 0 N–H and O–H groups in total. The first-order chi connectivity index (χ1) is 9.72. The molecule has 0 amide bonds. The summed E-state index contributed by atoms with van der Waals surface area (Å²) in [5.41, 5.74) is 0. The van der Waals surface area contributed by atoms with Crippen molar-refractivity contribution in [1.29, 1.82) is 0 Å². The molecule has 1 aromatic carbocycles. The van der Waals surface area contributed by atoms with E-state index in [1.54, 1.807) is 18.2 Å². The number of ether oxygens (including phenoxy) is 2. The molecule has 110 valence electrons. The number of benzene rings is 1. The van der Waals surface area contributed by atoms with E-state index in [9.17, 15) is 9.18 Å². The molecular formula is C15H19FO3S. The van der Waals surface area contributed by atoms with Gasteiger partial charge in [-0.3, -0.25) is 4.79 Å². The summed E-state index contributed by atoms with van der Waals surface area (Å²) in [6, 6.07) is 6.24. The summed E-state index contributed by atoms with van der Waals surface area (Å²) in [6.07, 6.45) is 1.95. The van der Waals surface area contributed by atoms with Gasteiger partial charge in [-0.25, -0.2) is 4.39 Å². The molecule has 1 aliphatic heterocycles. The number of methoxy groups -OCH3 is 1. The molecule has 1 fully saturated rings. The fraction of sp³-hybridized carbons (Fsp3) is 0.533. The van der Waals surface area contributed by atoms with Gasteiger partial charge in [0, 0.05) is 0 Å². The van der Waals surface area contributed by atoms with Crippen LogP contribution in [0.2, 0.25) is 0 Å². The molecule has 0 saturated carbocycles. The second-order valence-electron chi connectivity index (χ2n) is 4.82. The number of para-hydroxylation sites is 1. The van der Waals surface area contributed by atoms with E-state index < -0.39 is 5.82 Å². The van der Waals surface area contributed by atoms with Gasteiger partial charge in [0.1, 0.15) is 6.61 Å². The van der Waals surface area contributed by atoms with Crippen molar-refractivity contribution in [3.05, 3.63) is 30.1 Å². The monoisotopic (exact) mass is 298 g/mol. The number of hydrogen-bond acceptors (Lipinski definition) is 4. The van der Waals surface area contributed by atoms with Crippen LogP contribution in [0, 0.1) is 17.7 Å². The van der Waals surface area contributed by atoms with Gasteiger partial charge >= 0.3 is 5.97 Å². The molecule has 3 nitrogen and oxygen atoms in total. The first-order valence-electron chi connectivity index (χ1n) is 6.75. The average molecular weight is 298 g/mol. The van der Waals surface area contributed by atoms with Crippen LogP contribution in [0.5, 0.6) is 5.75 Å². The lowest BCUT2D eigenvalue weighted by atomic mass is 9.88. The summed E-state index contributed by atoms with van der Waals surface area (Å²) < 4.78 is 23.9. The maximum absolute atomic E-state index is 13.5. The van der Waals surface area contributed by atoms with Gasteiger partial charge in [0.05, 0.1) is 13.0 Å². The summed E-state index contributed by atoms with van der Waals surface area (Å²) >= 11 is 1.90. The van der Waals surface area contributed by atoms with Crippen LogP contribution in [0.25, 0.3) is 0 Å². The molecular weight excluding hydrogens is 279 g/mol. The Morgan fingerprint density at radius 1 is 1.40 bits per heavy atom. The largest absolute Gasteiger partial charge is 0.490 e. The van der Waals surface area contributed by atoms with E-state index in [2.05, 4.69) is 0 Å². The van der Waals surface area contributed by atoms with Crippen molar-refractivity contribution >= 4 is 17.7 Å². The predicted octanol–water partition coefficient (Wildman–Crippen LogP) is 3.14. The highest BCUT2D eigenvalue weighted by Gasteiger charge is 2.31. The second-order valence-corrected chi connectivity index (χ2v) is 6.05. The van der Waals surface area contributed by atoms with E-state index in [-0.39, 0.29) is 30.2 Å². The van der Waals surface area contributed by atoms with Crippen molar-refractivity contribution in [2.24, 2.45) is 11.8 Å². The molecule has 0 bridgehead atoms. The third-order valence-corrected chi connectivity index (χ3v) is 4.64. The first-order valence-corrected chi connectivity index (χ1v) is 7.90. The van der Waals surface area contributed by atoms with E-state index >= 15 is 0 Å². The maximum atomic E-state index is 13.5. The third-order valence-electron chi connectivity index (χ3n) is 3.59. The summed E-state index contributed by atoms with van der Waals surface area (Å²) in [7, 11) is 1.38. The number of thioether (sulfide) groups is 1. The summed E-state index contributed by atoms with van der Waals surface area (Å²) in [4.78, 5) is 11.9. The summed E-state index contributed by atoms with van der Waals surface area (Å²) in [5.74, 6) is 1.56. The Kier molecular flexibility index (Phi) is 5.71. The van der Waals surface area contributed by atoms with E-state index in [0.29, 0.717) is 0 Å². The van der Waals surface area contributed by atoms with Crippen LogP contribution in [0.1, 0.15) is 12.8 Å². The van der Waals surface area contributed by atoms with Crippen molar-refractivity contribution in [3.8, 4) is 5.75 Å². The van der Waals surface area contributed by atoms with E-state index in [0.717, 1.165) is 24.3 Å². The molecule has 1 aliphatic rings. The molecule has 1 saturated heterocycles. The van der Waals surface area contributed by atoms with Gasteiger partial charge in [0.15, 0.2) is 11.6 Å². The molecule has 1 heterocycles. The van der Waals surface area contributed by atoms with Crippen molar-refractivity contribution in [3.63, 3.8) is 0 Å². The van der Waals surface area contributed by atoms with Crippen LogP contribution in [0.15, 0.2) is 24.3 Å². The minimum Gasteiger partial charge on any atom is -0.490 e. The van der Waals surface area contributed by atoms with Crippen molar-refractivity contribution < 1.29 is 18.7 Å². The lowest BCUT2D eigenvalue weighted by molar-refractivity contribution is -0.148. The van der Waals surface area contributed by atoms with Crippen LogP contribution in [0.3, 0.4) is 0 Å². The van der Waals surface area contributed by atoms with Crippen LogP contribution >= 0.6 is 11.8 Å². The molecule has 0 aromatic heterocycles. The van der Waals surface area contributed by atoms with Gasteiger partial charge in [-0.15, -0.1) is 0 Å². The zero-order valence-electron chi connectivity index (χ0n) is 11.5. The topological polar surface area (TPSA) is 35.5 Å². The Morgan fingerprint density at radius 2 is 2.10 bits per heavy atom. The number of carbonyl (C=O) groups is 1. The molecule has 5 heteroatoms. The van der Waals surface area contributed by atoms with Crippen LogP contribution < -0.4 is 4.74 Å². The minimum atomic E-state index is -0.407. The van der Waals surface area contributed by atoms with E-state index in [4.69, 9.17) is 9.47 Å². The summed E-state index contributed by atoms with van der Waals surface area (Å²) in [6.45, 7) is 0.170. The number of esters is 1. The lowest BCUT2D eigenvalue weighted by Crippen LogP contribution is -2.32. The van der Waals surface area contributed by atoms with Gasteiger partial charge in [0.25, 0.3) is 0 Å². The zero-order valence-corrected chi connectivity index (χ0v) is 12.3. The van der Waals surface area contributed by atoms with Gasteiger partial charge in [-0.2, -0.15) is 11.8 Å². The van der Waals surface area contributed by atoms with Crippen molar-refractivity contribution in [2.45, 2.75) is 12.8 Å². The molecule has 20 heavy (non-hydrogen) atoms. The Labute approximate surface area is 122 Å². The van der Waals surface area contributed by atoms with Gasteiger partial charge in [0.2, 0.25) is 0 Å². The fourth-order valence-electron chi connectivity index (χ4n) is 2.41. The highest BCUT2D eigenvalue weighted by molar-refractivity contribution is 7.99. The van der Waals surface area contributed by atoms with Gasteiger partial charge < -0.3 is 9.47 Å². The first kappa shape index (κ1) is 15.2. The van der Waals surface area contributed by atoms with E-state index in [1.807, 2.05) is 11.8 Å². The standard InChI is InChI=1S/C15H19FO3S/c1-18-15(17)12(11-6-8-20-9-7-11)10-19-14-5-3-2-4-13(14)16/h2-5,11-12H,6-10H2,1H3. The molecule has 1 unspecified atom stereocenters. The number of hydrogen-bond donors (Lipinski definition) is 0. The Hall–Kier alpha value is -1.23. The van der Waals surface area contributed by atoms with Crippen LogP contribution in [-0.2, 0) is 9.53 Å². The second kappa shape index (κ2) is 7.53. The van der Waals surface area contributed by atoms with Gasteiger partial charge in [-0.1, -0.05) is 12.1 Å². The smallest absolute Gasteiger partial charge is 0.312 e. The molecule has 2 rings (SSSR count). The number of rotatable bonds is 5. The minimum absolute atomic E-state index is 0.170. The summed E-state index contributed by atoms with van der Waals surface area (Å²) in [5, 5.41) is 0. The molecule has 0 radical (unpaired) electrons. The molecule has 0 aliphatic carbocycles. The highest BCUT2D eigenvalue weighted by atomic mass is 32.2. The maximum Gasteiger partial charge on any atom is 0.312 e. The predicted molar refractivity (Wildman–Crippen MR) is 77.5 cm³/mol. The van der Waals surface area contributed by atoms with Crippen LogP contribution in [-0.4, -0.2) is 31.2 Å². The fourth-order valence-corrected chi connectivity index (χ4v) is 3.55. The van der Waals surface area contributed by atoms with Crippen molar-refractivity contribution in [2.75, 3.05) is 25.2 Å². The van der Waals surface area contributed by atoms with Crippen molar-refractivity contribution in [1.82, 2.24) is 0 Å². The van der Waals surface area contributed by atoms with E-state index in [1.165, 1.54) is 13.2 Å². The normalized spacial score (nSPS) is 17.5. The molecule has 0 spiro atoms. The Morgan fingerprint density at radius 3 is 2.75 bits per heavy atom. The molecule has 1 aromatic rings. The van der Waals surface area contributed by atoms with Gasteiger partial charge in [-0.05, 0) is 42.4 Å². The zero-order chi connectivity index (χ0) is 14.4. The Balaban J connectivity index is 2.00. The average Bonchev–Trinajstić information content (AvgIpc) is 2.50. The SMILES string of the molecule is COC(=O)C(COc1ccccc1F)C1CCSCC1. The third kappa shape index (κ3) is 3.88. The Bertz CT molecular complexity index is 446. The van der Waals surface area contributed by atoms with Crippen LogP contribution in [0.4, 0.5) is 4.39 Å². The number of halogens is 1. The number of carbonyl (C=O) groups excluding carboxylic acids is 1. The molecule has 1 atom stereocenters. The highest BCUT2D eigenvalue weighted by Crippen LogP contribution is 2.30. The quantitative estimate of drug-likeness (QED) is 0.782.